The highest BCUT2D eigenvalue weighted by atomic mass is 35.5. The van der Waals surface area contributed by atoms with Crippen molar-refractivity contribution < 1.29 is 18.0 Å². The van der Waals surface area contributed by atoms with E-state index in [0.717, 1.165) is 24.2 Å². The summed E-state index contributed by atoms with van der Waals surface area (Å²) < 4.78 is 38.7. The summed E-state index contributed by atoms with van der Waals surface area (Å²) in [5.74, 6) is -0.336. The SMILES string of the molecule is CC1Cc2ccccc2N1CCC(=O)Nc1ccc(Cl)c(C(F)(F)F)c1. The predicted molar refractivity (Wildman–Crippen MR) is 96.7 cm³/mol. The van der Waals surface area contributed by atoms with E-state index in [2.05, 4.69) is 23.2 Å². The van der Waals surface area contributed by atoms with Crippen molar-refractivity contribution in [2.75, 3.05) is 16.8 Å². The molecule has 0 aromatic heterocycles. The molecule has 1 atom stereocenters. The van der Waals surface area contributed by atoms with E-state index in [4.69, 9.17) is 11.6 Å². The Balaban J connectivity index is 1.64. The smallest absolute Gasteiger partial charge is 0.368 e. The molecule has 138 valence electrons. The number of amides is 1. The number of carbonyl (C=O) groups excluding carboxylic acids is 1. The van der Waals surface area contributed by atoms with E-state index in [1.807, 2.05) is 18.2 Å². The zero-order chi connectivity index (χ0) is 18.9. The van der Waals surface area contributed by atoms with E-state index in [9.17, 15) is 18.0 Å². The molecule has 0 bridgehead atoms. The molecule has 1 N–H and O–H groups in total. The average molecular weight is 383 g/mol. The van der Waals surface area contributed by atoms with Crippen LogP contribution in [0.1, 0.15) is 24.5 Å². The number of nitrogens with zero attached hydrogens (tertiary/aromatic N) is 1. The summed E-state index contributed by atoms with van der Waals surface area (Å²) in [7, 11) is 0. The van der Waals surface area contributed by atoms with E-state index in [1.54, 1.807) is 0 Å². The van der Waals surface area contributed by atoms with Gasteiger partial charge >= 0.3 is 6.18 Å². The summed E-state index contributed by atoms with van der Waals surface area (Å²) in [4.78, 5) is 14.3. The number of hydrogen-bond donors (Lipinski definition) is 1. The Morgan fingerprint density at radius 1 is 1.27 bits per heavy atom. The number of para-hydroxylation sites is 1. The minimum absolute atomic E-state index is 0.0848. The number of anilines is 2. The molecule has 1 heterocycles. The van der Waals surface area contributed by atoms with Crippen molar-refractivity contribution in [3.05, 3.63) is 58.6 Å². The highest BCUT2D eigenvalue weighted by Gasteiger charge is 2.33. The maximum atomic E-state index is 12.9. The monoisotopic (exact) mass is 382 g/mol. The highest BCUT2D eigenvalue weighted by Crippen LogP contribution is 2.36. The lowest BCUT2D eigenvalue weighted by Crippen LogP contribution is -2.32. The summed E-state index contributed by atoms with van der Waals surface area (Å²) in [6, 6.07) is 11.7. The highest BCUT2D eigenvalue weighted by molar-refractivity contribution is 6.31. The first-order chi connectivity index (χ1) is 12.3. The fourth-order valence-electron chi connectivity index (χ4n) is 3.24. The molecule has 0 spiro atoms. The number of fused-ring (bicyclic) bond motifs is 1. The molecule has 2 aromatic rings. The topological polar surface area (TPSA) is 32.3 Å². The van der Waals surface area contributed by atoms with E-state index >= 15 is 0 Å². The van der Waals surface area contributed by atoms with Crippen molar-refractivity contribution in [1.29, 1.82) is 0 Å². The van der Waals surface area contributed by atoms with Crippen LogP contribution in [-0.2, 0) is 17.4 Å². The normalized spacial score (nSPS) is 16.5. The summed E-state index contributed by atoms with van der Waals surface area (Å²) in [6.07, 6.45) is -3.46. The van der Waals surface area contributed by atoms with Gasteiger partial charge in [0.2, 0.25) is 5.91 Å². The van der Waals surface area contributed by atoms with Gasteiger partial charge in [-0.15, -0.1) is 0 Å². The molecule has 3 rings (SSSR count). The maximum Gasteiger partial charge on any atom is 0.417 e. The third-order valence-electron chi connectivity index (χ3n) is 4.48. The standard InChI is InChI=1S/C19H18ClF3N2O/c1-12-10-13-4-2-3-5-17(13)25(12)9-8-18(26)24-14-6-7-16(20)15(11-14)19(21,22)23/h2-7,11-12H,8-10H2,1H3,(H,24,26). The molecule has 7 heteroatoms. The van der Waals surface area contributed by atoms with Gasteiger partial charge in [-0.2, -0.15) is 13.2 Å². The molecule has 1 unspecified atom stereocenters. The first-order valence-corrected chi connectivity index (χ1v) is 8.64. The Morgan fingerprint density at radius 3 is 2.73 bits per heavy atom. The lowest BCUT2D eigenvalue weighted by atomic mass is 10.1. The number of alkyl halides is 3. The molecule has 1 aliphatic heterocycles. The van der Waals surface area contributed by atoms with Gasteiger partial charge in [-0.25, -0.2) is 0 Å². The van der Waals surface area contributed by atoms with E-state index < -0.39 is 16.8 Å². The van der Waals surface area contributed by atoms with Gasteiger partial charge in [-0.1, -0.05) is 29.8 Å². The van der Waals surface area contributed by atoms with Crippen LogP contribution >= 0.6 is 11.6 Å². The van der Waals surface area contributed by atoms with E-state index in [0.29, 0.717) is 6.54 Å². The number of rotatable bonds is 4. The maximum absolute atomic E-state index is 12.9. The second-order valence-electron chi connectivity index (χ2n) is 6.37. The van der Waals surface area contributed by atoms with Gasteiger partial charge in [-0.3, -0.25) is 4.79 Å². The first-order valence-electron chi connectivity index (χ1n) is 8.27. The number of hydrogen-bond acceptors (Lipinski definition) is 2. The summed E-state index contributed by atoms with van der Waals surface area (Å²) in [5, 5.41) is 2.13. The molecular formula is C19H18ClF3N2O. The van der Waals surface area contributed by atoms with Crippen LogP contribution in [0.15, 0.2) is 42.5 Å². The second-order valence-corrected chi connectivity index (χ2v) is 6.77. The van der Waals surface area contributed by atoms with Gasteiger partial charge in [0.25, 0.3) is 0 Å². The van der Waals surface area contributed by atoms with Crippen LogP contribution in [0.2, 0.25) is 5.02 Å². The van der Waals surface area contributed by atoms with Gasteiger partial charge in [0.1, 0.15) is 0 Å². The van der Waals surface area contributed by atoms with Crippen LogP contribution in [0.3, 0.4) is 0 Å². The van der Waals surface area contributed by atoms with E-state index in [1.165, 1.54) is 11.6 Å². The summed E-state index contributed by atoms with van der Waals surface area (Å²) >= 11 is 5.59. The minimum Gasteiger partial charge on any atom is -0.368 e. The number of nitrogens with one attached hydrogen (secondary N) is 1. The molecule has 0 aliphatic carbocycles. The van der Waals surface area contributed by atoms with Crippen LogP contribution in [0.25, 0.3) is 0 Å². The van der Waals surface area contributed by atoms with Crippen LogP contribution < -0.4 is 10.2 Å². The quantitative estimate of drug-likeness (QED) is 0.794. The Hall–Kier alpha value is -2.21. The third kappa shape index (κ3) is 3.96. The van der Waals surface area contributed by atoms with Crippen molar-refractivity contribution >= 4 is 28.9 Å². The second kappa shape index (κ2) is 7.19. The average Bonchev–Trinajstić information content (AvgIpc) is 2.89. The molecule has 1 amide bonds. The number of halogens is 4. The number of carbonyl (C=O) groups is 1. The number of benzene rings is 2. The zero-order valence-corrected chi connectivity index (χ0v) is 14.9. The van der Waals surface area contributed by atoms with Crippen LogP contribution in [0, 0.1) is 0 Å². The molecule has 1 aliphatic rings. The molecule has 26 heavy (non-hydrogen) atoms. The third-order valence-corrected chi connectivity index (χ3v) is 4.81. The van der Waals surface area contributed by atoms with Crippen molar-refractivity contribution in [2.24, 2.45) is 0 Å². The molecular weight excluding hydrogens is 365 g/mol. The summed E-state index contributed by atoms with van der Waals surface area (Å²) in [6.45, 7) is 2.59. The van der Waals surface area contributed by atoms with Gasteiger partial charge < -0.3 is 10.2 Å². The van der Waals surface area contributed by atoms with Crippen LogP contribution in [0.4, 0.5) is 24.5 Å². The Labute approximate surface area is 154 Å². The fourth-order valence-corrected chi connectivity index (χ4v) is 3.46. The molecule has 3 nitrogen and oxygen atoms in total. The predicted octanol–water partition coefficient (Wildman–Crippen LogP) is 5.14. The summed E-state index contributed by atoms with van der Waals surface area (Å²) in [5.41, 5.74) is 1.48. The first kappa shape index (κ1) is 18.6. The molecule has 2 aromatic carbocycles. The van der Waals surface area contributed by atoms with Crippen LogP contribution in [0.5, 0.6) is 0 Å². The molecule has 0 saturated heterocycles. The lowest BCUT2D eigenvalue weighted by molar-refractivity contribution is -0.137. The van der Waals surface area contributed by atoms with Crippen molar-refractivity contribution in [3.8, 4) is 0 Å². The lowest BCUT2D eigenvalue weighted by Gasteiger charge is -2.24. The van der Waals surface area contributed by atoms with Gasteiger partial charge in [0.05, 0.1) is 10.6 Å². The largest absolute Gasteiger partial charge is 0.417 e. The van der Waals surface area contributed by atoms with Crippen LogP contribution in [-0.4, -0.2) is 18.5 Å². The Bertz CT molecular complexity index is 823. The molecule has 0 radical (unpaired) electrons. The van der Waals surface area contributed by atoms with Gasteiger partial charge in [-0.05, 0) is 43.2 Å². The van der Waals surface area contributed by atoms with Crippen molar-refractivity contribution in [1.82, 2.24) is 0 Å². The Kier molecular flexibility index (Phi) is 5.14. The van der Waals surface area contributed by atoms with Gasteiger partial charge in [0, 0.05) is 30.4 Å². The Morgan fingerprint density at radius 2 is 2.00 bits per heavy atom. The van der Waals surface area contributed by atoms with E-state index in [-0.39, 0.29) is 24.1 Å². The van der Waals surface area contributed by atoms with Crippen molar-refractivity contribution in [3.63, 3.8) is 0 Å². The zero-order valence-electron chi connectivity index (χ0n) is 14.1. The fraction of sp³-hybridized carbons (Fsp3) is 0.316. The van der Waals surface area contributed by atoms with Gasteiger partial charge in [0.15, 0.2) is 0 Å². The minimum atomic E-state index is -4.56. The molecule has 0 fully saturated rings. The molecule has 0 saturated carbocycles. The van der Waals surface area contributed by atoms with Crippen molar-refractivity contribution in [2.45, 2.75) is 32.0 Å².